The van der Waals surface area contributed by atoms with Crippen LogP contribution >= 0.6 is 0 Å². The van der Waals surface area contributed by atoms with Crippen LogP contribution in [0.2, 0.25) is 0 Å². The van der Waals surface area contributed by atoms with Crippen molar-refractivity contribution in [2.75, 3.05) is 12.9 Å². The third-order valence-corrected chi connectivity index (χ3v) is 4.11. The van der Waals surface area contributed by atoms with Gasteiger partial charge in [-0.3, -0.25) is 4.79 Å². The highest BCUT2D eigenvalue weighted by molar-refractivity contribution is 7.90. The summed E-state index contributed by atoms with van der Waals surface area (Å²) in [5, 5.41) is 3.24. The maximum atomic E-state index is 12.4. The van der Waals surface area contributed by atoms with Gasteiger partial charge >= 0.3 is 18.0 Å². The fraction of sp³-hybridized carbons (Fsp3) is 0.308. The van der Waals surface area contributed by atoms with Crippen molar-refractivity contribution in [3.63, 3.8) is 0 Å². The third kappa shape index (κ3) is 5.26. The molecule has 0 bridgehead atoms. The predicted molar refractivity (Wildman–Crippen MR) is 77.4 cm³/mol. The van der Waals surface area contributed by atoms with Crippen molar-refractivity contribution < 1.29 is 35.6 Å². The van der Waals surface area contributed by atoms with E-state index in [2.05, 4.69) is 24.1 Å². The zero-order valence-corrected chi connectivity index (χ0v) is 13.5. The summed E-state index contributed by atoms with van der Waals surface area (Å²) in [5.74, 6) is -3.42. The van der Waals surface area contributed by atoms with Gasteiger partial charge in [0, 0.05) is 12.1 Å². The van der Waals surface area contributed by atoms with E-state index in [1.807, 2.05) is 0 Å². The van der Waals surface area contributed by atoms with E-state index in [4.69, 9.17) is 0 Å². The van der Waals surface area contributed by atoms with Gasteiger partial charge in [-0.2, -0.15) is 18.2 Å². The molecule has 0 amide bonds. The van der Waals surface area contributed by atoms with Crippen molar-refractivity contribution in [3.05, 3.63) is 35.7 Å². The lowest BCUT2D eigenvalue weighted by Gasteiger charge is -2.06. The van der Waals surface area contributed by atoms with Crippen molar-refractivity contribution in [1.82, 2.24) is 14.9 Å². The number of sulfonamides is 1. The second-order valence-electron chi connectivity index (χ2n) is 4.77. The minimum Gasteiger partial charge on any atom is -0.468 e. The number of esters is 1. The summed E-state index contributed by atoms with van der Waals surface area (Å²) in [6, 6.07) is 5.77. The lowest BCUT2D eigenvalue weighted by molar-refractivity contribution is -0.159. The maximum absolute atomic E-state index is 12.4. The van der Waals surface area contributed by atoms with Gasteiger partial charge in [0.2, 0.25) is 15.8 Å². The molecule has 0 aliphatic carbocycles. The van der Waals surface area contributed by atoms with E-state index in [-0.39, 0.29) is 17.9 Å². The van der Waals surface area contributed by atoms with Crippen LogP contribution in [0.4, 0.5) is 13.2 Å². The Kier molecular flexibility index (Phi) is 5.42. The van der Waals surface area contributed by atoms with Gasteiger partial charge < -0.3 is 9.26 Å². The van der Waals surface area contributed by atoms with Crippen molar-refractivity contribution in [2.24, 2.45) is 0 Å². The number of carbonyl (C=O) groups is 1. The van der Waals surface area contributed by atoms with E-state index < -0.39 is 33.8 Å². The molecule has 0 radical (unpaired) electrons. The number of methoxy groups -OCH3 is 1. The lowest BCUT2D eigenvalue weighted by Crippen LogP contribution is -2.30. The monoisotopic (exact) mass is 379 g/mol. The van der Waals surface area contributed by atoms with Gasteiger partial charge in [0.25, 0.3) is 0 Å². The zero-order valence-electron chi connectivity index (χ0n) is 12.7. The van der Waals surface area contributed by atoms with E-state index in [1.54, 1.807) is 0 Å². The Labute approximate surface area is 140 Å². The Morgan fingerprint density at radius 3 is 2.44 bits per heavy atom. The second-order valence-corrected chi connectivity index (χ2v) is 6.58. The molecule has 1 heterocycles. The van der Waals surface area contributed by atoms with Gasteiger partial charge in [0.15, 0.2) is 5.75 Å². The van der Waals surface area contributed by atoms with Crippen molar-refractivity contribution in [1.29, 1.82) is 0 Å². The molecule has 1 aromatic heterocycles. The first-order valence-corrected chi connectivity index (χ1v) is 8.30. The first-order chi connectivity index (χ1) is 11.6. The number of ether oxygens (including phenoxy) is 1. The number of halogens is 3. The smallest absolute Gasteiger partial charge is 0.468 e. The Morgan fingerprint density at radius 1 is 1.28 bits per heavy atom. The highest BCUT2D eigenvalue weighted by atomic mass is 32.2. The first kappa shape index (κ1) is 18.9. The van der Waals surface area contributed by atoms with E-state index in [1.165, 1.54) is 24.3 Å². The standard InChI is InChI=1S/C13H12F3N3O5S/c1-23-10(20)7-25(21,22)17-6-8-2-4-9(5-3-8)11-18-12(24-19-11)13(14,15)16/h2-5,17H,6-7H2,1H3. The molecule has 2 aromatic rings. The summed E-state index contributed by atoms with van der Waals surface area (Å²) in [4.78, 5) is 14.2. The fourth-order valence-corrected chi connectivity index (χ4v) is 2.60. The number of nitrogens with one attached hydrogen (secondary N) is 1. The van der Waals surface area contributed by atoms with Gasteiger partial charge in [0.1, 0.15) is 0 Å². The molecular weight excluding hydrogens is 367 g/mol. The zero-order chi connectivity index (χ0) is 18.7. The van der Waals surface area contributed by atoms with Gasteiger partial charge in [-0.05, 0) is 5.56 Å². The van der Waals surface area contributed by atoms with E-state index in [0.717, 1.165) is 7.11 Å². The lowest BCUT2D eigenvalue weighted by atomic mass is 10.1. The summed E-state index contributed by atoms with van der Waals surface area (Å²) in [6.45, 7) is -0.111. The van der Waals surface area contributed by atoms with E-state index in [9.17, 15) is 26.4 Å². The number of aromatic nitrogens is 2. The molecule has 0 atom stereocenters. The molecule has 0 saturated heterocycles. The fourth-order valence-electron chi connectivity index (χ4n) is 1.69. The molecule has 0 spiro atoms. The van der Waals surface area contributed by atoms with Crippen LogP contribution in [0.3, 0.4) is 0 Å². The summed E-state index contributed by atoms with van der Waals surface area (Å²) in [6.07, 6.45) is -4.73. The molecule has 0 saturated carbocycles. The average Bonchev–Trinajstić information content (AvgIpc) is 3.03. The molecule has 2 rings (SSSR count). The summed E-state index contributed by atoms with van der Waals surface area (Å²) in [7, 11) is -2.79. The number of benzene rings is 1. The molecule has 0 fully saturated rings. The van der Waals surface area contributed by atoms with Crippen LogP contribution in [0.25, 0.3) is 11.4 Å². The molecule has 136 valence electrons. The van der Waals surface area contributed by atoms with Gasteiger partial charge in [-0.15, -0.1) is 0 Å². The number of alkyl halides is 3. The SMILES string of the molecule is COC(=O)CS(=O)(=O)NCc1ccc(-c2noc(C(F)(F)F)n2)cc1. The minimum atomic E-state index is -4.73. The highest BCUT2D eigenvalue weighted by Gasteiger charge is 2.38. The largest absolute Gasteiger partial charge is 0.471 e. The van der Waals surface area contributed by atoms with Crippen LogP contribution in [0.5, 0.6) is 0 Å². The average molecular weight is 379 g/mol. The van der Waals surface area contributed by atoms with Crippen molar-refractivity contribution >= 4 is 16.0 Å². The van der Waals surface area contributed by atoms with Gasteiger partial charge in [-0.25, -0.2) is 13.1 Å². The maximum Gasteiger partial charge on any atom is 0.471 e. The van der Waals surface area contributed by atoms with E-state index >= 15 is 0 Å². The Morgan fingerprint density at radius 2 is 1.92 bits per heavy atom. The molecule has 0 aliphatic rings. The molecule has 25 heavy (non-hydrogen) atoms. The quantitative estimate of drug-likeness (QED) is 0.754. The summed E-state index contributed by atoms with van der Waals surface area (Å²) in [5.41, 5.74) is 0.775. The van der Waals surface area contributed by atoms with Crippen molar-refractivity contribution in [3.8, 4) is 11.4 Å². The molecule has 0 unspecified atom stereocenters. The minimum absolute atomic E-state index is 0.111. The molecular formula is C13H12F3N3O5S. The van der Waals surface area contributed by atoms with Crippen LogP contribution in [-0.2, 0) is 32.3 Å². The van der Waals surface area contributed by atoms with Crippen LogP contribution in [0.1, 0.15) is 11.5 Å². The molecule has 12 heteroatoms. The topological polar surface area (TPSA) is 111 Å². The molecule has 1 aromatic carbocycles. The van der Waals surface area contributed by atoms with Crippen molar-refractivity contribution in [2.45, 2.75) is 12.7 Å². The number of carbonyl (C=O) groups excluding carboxylic acids is 1. The second kappa shape index (κ2) is 7.19. The molecule has 8 nitrogen and oxygen atoms in total. The third-order valence-electron chi connectivity index (χ3n) is 2.91. The van der Waals surface area contributed by atoms with Crippen LogP contribution in [-0.4, -0.2) is 37.4 Å². The molecule has 0 aliphatic heterocycles. The highest BCUT2D eigenvalue weighted by Crippen LogP contribution is 2.29. The first-order valence-electron chi connectivity index (χ1n) is 6.65. The van der Waals surface area contributed by atoms with Crippen LogP contribution in [0, 0.1) is 0 Å². The number of hydrogen-bond acceptors (Lipinski definition) is 7. The van der Waals surface area contributed by atoms with Gasteiger partial charge in [-0.1, -0.05) is 29.4 Å². The van der Waals surface area contributed by atoms with E-state index in [0.29, 0.717) is 5.56 Å². The summed E-state index contributed by atoms with van der Waals surface area (Å²) < 4.78 is 71.1. The van der Waals surface area contributed by atoms with Crippen LogP contribution < -0.4 is 4.72 Å². The number of rotatable bonds is 6. The number of nitrogens with zero attached hydrogens (tertiary/aromatic N) is 2. The molecule has 1 N–H and O–H groups in total. The summed E-state index contributed by atoms with van der Waals surface area (Å²) >= 11 is 0. The number of hydrogen-bond donors (Lipinski definition) is 1. The Bertz CT molecular complexity index is 847. The Hall–Kier alpha value is -2.47. The normalized spacial score (nSPS) is 12.2. The van der Waals surface area contributed by atoms with Gasteiger partial charge in [0.05, 0.1) is 7.11 Å². The Balaban J connectivity index is 2.03. The van der Waals surface area contributed by atoms with Crippen LogP contribution in [0.15, 0.2) is 28.8 Å². The predicted octanol–water partition coefficient (Wildman–Crippen LogP) is 1.35.